The maximum atomic E-state index is 12.6. The summed E-state index contributed by atoms with van der Waals surface area (Å²) in [6.07, 6.45) is 15.1. The van der Waals surface area contributed by atoms with E-state index in [4.69, 9.17) is 9.47 Å². The van der Waals surface area contributed by atoms with Gasteiger partial charge in [-0.3, -0.25) is 0 Å². The third-order valence-corrected chi connectivity index (χ3v) is 5.18. The van der Waals surface area contributed by atoms with Crippen LogP contribution in [0.5, 0.6) is 0 Å². The Balaban J connectivity index is 2.53. The van der Waals surface area contributed by atoms with Crippen LogP contribution in [0.2, 0.25) is 0 Å². The second-order valence-corrected chi connectivity index (χ2v) is 7.82. The Labute approximate surface area is 183 Å². The second-order valence-electron chi connectivity index (χ2n) is 7.82. The molecule has 1 aromatic carbocycles. The summed E-state index contributed by atoms with van der Waals surface area (Å²) >= 11 is 0. The largest absolute Gasteiger partial charge is 0.462 e. The molecular formula is C26H40O4. The average molecular weight is 417 g/mol. The molecule has 0 unspecified atom stereocenters. The quantitative estimate of drug-likeness (QED) is 0.196. The third kappa shape index (κ3) is 10.6. The zero-order valence-electron chi connectivity index (χ0n) is 19.0. The first-order valence-electron chi connectivity index (χ1n) is 11.7. The summed E-state index contributed by atoms with van der Waals surface area (Å²) in [5.41, 5.74) is 1.29. The highest BCUT2D eigenvalue weighted by molar-refractivity contribution is 6.03. The zero-order valence-corrected chi connectivity index (χ0v) is 19.0. The number of rotatable bonds is 17. The highest BCUT2D eigenvalue weighted by Gasteiger charge is 2.20. The molecule has 0 saturated heterocycles. The topological polar surface area (TPSA) is 52.6 Å². The number of carbonyl (C=O) groups excluding carboxylic acids is 2. The van der Waals surface area contributed by atoms with Crippen LogP contribution in [0.1, 0.15) is 117 Å². The summed E-state index contributed by atoms with van der Waals surface area (Å²) in [4.78, 5) is 25.1. The van der Waals surface area contributed by atoms with E-state index in [1.165, 1.54) is 38.5 Å². The van der Waals surface area contributed by atoms with Crippen molar-refractivity contribution in [2.75, 3.05) is 13.2 Å². The van der Waals surface area contributed by atoms with E-state index in [-0.39, 0.29) is 11.1 Å². The molecule has 30 heavy (non-hydrogen) atoms. The number of ether oxygens (including phenoxy) is 2. The van der Waals surface area contributed by atoms with Gasteiger partial charge in [-0.1, -0.05) is 96.8 Å². The molecule has 0 spiro atoms. The Morgan fingerprint density at radius 1 is 0.733 bits per heavy atom. The van der Waals surface area contributed by atoms with E-state index in [0.717, 1.165) is 44.1 Å². The minimum atomic E-state index is -0.473. The molecule has 4 nitrogen and oxygen atoms in total. The van der Waals surface area contributed by atoms with Crippen molar-refractivity contribution >= 4 is 18.0 Å². The second kappa shape index (κ2) is 16.7. The first-order chi connectivity index (χ1) is 14.6. The van der Waals surface area contributed by atoms with Crippen molar-refractivity contribution in [3.63, 3.8) is 0 Å². The van der Waals surface area contributed by atoms with Gasteiger partial charge in [-0.15, -0.1) is 0 Å². The van der Waals surface area contributed by atoms with Crippen LogP contribution < -0.4 is 0 Å². The lowest BCUT2D eigenvalue weighted by atomic mass is 10.0. The number of unbranched alkanes of at least 4 members (excludes halogenated alkanes) is 10. The Kier molecular flexibility index (Phi) is 14.4. The van der Waals surface area contributed by atoms with Crippen LogP contribution in [-0.4, -0.2) is 25.2 Å². The van der Waals surface area contributed by atoms with Crippen molar-refractivity contribution < 1.29 is 19.1 Å². The Bertz CT molecular complexity index is 636. The van der Waals surface area contributed by atoms with Crippen molar-refractivity contribution in [2.45, 2.75) is 90.9 Å². The van der Waals surface area contributed by atoms with Gasteiger partial charge in [0.05, 0.1) is 24.3 Å². The van der Waals surface area contributed by atoms with Crippen molar-refractivity contribution in [1.82, 2.24) is 0 Å². The highest BCUT2D eigenvalue weighted by atomic mass is 16.5. The smallest absolute Gasteiger partial charge is 0.339 e. The number of hydrogen-bond acceptors (Lipinski definition) is 4. The average Bonchev–Trinajstić information content (AvgIpc) is 2.77. The fourth-order valence-electron chi connectivity index (χ4n) is 3.29. The molecule has 0 atom stereocenters. The Morgan fingerprint density at radius 2 is 1.20 bits per heavy atom. The molecule has 1 aromatic rings. The molecule has 0 aliphatic heterocycles. The molecule has 0 N–H and O–H groups in total. The summed E-state index contributed by atoms with van der Waals surface area (Å²) < 4.78 is 10.8. The molecule has 1 rings (SSSR count). The highest BCUT2D eigenvalue weighted by Crippen LogP contribution is 2.17. The van der Waals surface area contributed by atoms with Crippen LogP contribution in [-0.2, 0) is 9.47 Å². The summed E-state index contributed by atoms with van der Waals surface area (Å²) in [5.74, 6) is -0.940. The molecule has 0 saturated carbocycles. The van der Waals surface area contributed by atoms with Gasteiger partial charge < -0.3 is 9.47 Å². The molecule has 0 fully saturated rings. The fourth-order valence-corrected chi connectivity index (χ4v) is 3.29. The molecule has 0 aliphatic carbocycles. The molecule has 0 aromatic heterocycles. The van der Waals surface area contributed by atoms with E-state index in [9.17, 15) is 9.59 Å². The molecular weight excluding hydrogens is 376 g/mol. The molecule has 0 aliphatic rings. The lowest BCUT2D eigenvalue weighted by Gasteiger charge is -2.11. The standard InChI is InChI=1S/C26H40O4/c1-4-7-9-11-13-15-19-29-25(27)23-18-17-22(6-3)21-24(23)26(28)30-20-16-14-12-10-8-5-2/h6,17-18,21H,3-5,7-16,19-20H2,1-2H3. The summed E-state index contributed by atoms with van der Waals surface area (Å²) in [6, 6.07) is 5.04. The van der Waals surface area contributed by atoms with Crippen LogP contribution in [0.3, 0.4) is 0 Å². The first-order valence-corrected chi connectivity index (χ1v) is 11.7. The third-order valence-electron chi connectivity index (χ3n) is 5.18. The van der Waals surface area contributed by atoms with Crippen LogP contribution in [0.15, 0.2) is 24.8 Å². The number of carbonyl (C=O) groups is 2. The molecule has 0 heterocycles. The number of benzene rings is 1. The fraction of sp³-hybridized carbons (Fsp3) is 0.615. The van der Waals surface area contributed by atoms with Crippen molar-refractivity contribution in [3.8, 4) is 0 Å². The SMILES string of the molecule is C=Cc1ccc(C(=O)OCCCCCCCC)c(C(=O)OCCCCCCCC)c1. The molecule has 168 valence electrons. The van der Waals surface area contributed by atoms with E-state index >= 15 is 0 Å². The van der Waals surface area contributed by atoms with E-state index in [1.807, 2.05) is 0 Å². The summed E-state index contributed by atoms with van der Waals surface area (Å²) in [5, 5.41) is 0. The van der Waals surface area contributed by atoms with Crippen molar-refractivity contribution in [2.24, 2.45) is 0 Å². The van der Waals surface area contributed by atoms with Gasteiger partial charge in [0.1, 0.15) is 0 Å². The van der Waals surface area contributed by atoms with Crippen LogP contribution in [0, 0.1) is 0 Å². The van der Waals surface area contributed by atoms with E-state index < -0.39 is 11.9 Å². The molecule has 0 bridgehead atoms. The van der Waals surface area contributed by atoms with E-state index in [1.54, 1.807) is 24.3 Å². The van der Waals surface area contributed by atoms with Gasteiger partial charge in [0.15, 0.2) is 0 Å². The van der Waals surface area contributed by atoms with E-state index in [2.05, 4.69) is 20.4 Å². The normalized spacial score (nSPS) is 10.6. The summed E-state index contributed by atoms with van der Waals surface area (Å²) in [6.45, 7) is 8.87. The minimum Gasteiger partial charge on any atom is -0.462 e. The maximum absolute atomic E-state index is 12.6. The molecule has 4 heteroatoms. The van der Waals surface area contributed by atoms with Crippen molar-refractivity contribution in [3.05, 3.63) is 41.5 Å². The van der Waals surface area contributed by atoms with Gasteiger partial charge in [0.2, 0.25) is 0 Å². The maximum Gasteiger partial charge on any atom is 0.339 e. The molecule has 0 amide bonds. The lowest BCUT2D eigenvalue weighted by molar-refractivity contribution is 0.0450. The monoisotopic (exact) mass is 416 g/mol. The van der Waals surface area contributed by atoms with Gasteiger partial charge >= 0.3 is 11.9 Å². The number of esters is 2. The lowest BCUT2D eigenvalue weighted by Crippen LogP contribution is -2.15. The molecule has 0 radical (unpaired) electrons. The first kappa shape index (κ1) is 25.9. The van der Waals surface area contributed by atoms with Gasteiger partial charge in [-0.05, 0) is 30.5 Å². The van der Waals surface area contributed by atoms with Crippen LogP contribution >= 0.6 is 0 Å². The van der Waals surface area contributed by atoms with Gasteiger partial charge in [0, 0.05) is 0 Å². The van der Waals surface area contributed by atoms with Gasteiger partial charge in [-0.25, -0.2) is 9.59 Å². The number of hydrogen-bond donors (Lipinski definition) is 0. The predicted octanol–water partition coefficient (Wildman–Crippen LogP) is 7.36. The van der Waals surface area contributed by atoms with E-state index in [0.29, 0.717) is 13.2 Å². The van der Waals surface area contributed by atoms with Gasteiger partial charge in [0.25, 0.3) is 0 Å². The van der Waals surface area contributed by atoms with Crippen molar-refractivity contribution in [1.29, 1.82) is 0 Å². The Morgan fingerprint density at radius 3 is 1.70 bits per heavy atom. The predicted molar refractivity (Wildman–Crippen MR) is 124 cm³/mol. The minimum absolute atomic E-state index is 0.256. The zero-order chi connectivity index (χ0) is 22.0. The van der Waals surface area contributed by atoms with Gasteiger partial charge in [-0.2, -0.15) is 0 Å². The van der Waals surface area contributed by atoms with Crippen LogP contribution in [0.25, 0.3) is 6.08 Å². The summed E-state index contributed by atoms with van der Waals surface area (Å²) in [7, 11) is 0. The Hall–Kier alpha value is -2.10. The van der Waals surface area contributed by atoms with Crippen LogP contribution in [0.4, 0.5) is 0 Å².